The topological polar surface area (TPSA) is 77.9 Å². The third kappa shape index (κ3) is 3.13. The molecule has 1 aromatic carbocycles. The van der Waals surface area contributed by atoms with Crippen LogP contribution in [0.25, 0.3) is 0 Å². The number of amides is 2. The highest BCUT2D eigenvalue weighted by molar-refractivity contribution is 5.95. The van der Waals surface area contributed by atoms with Crippen LogP contribution >= 0.6 is 0 Å². The summed E-state index contributed by atoms with van der Waals surface area (Å²) in [6, 6.07) is 7.48. The molecular weight excluding hydrogens is 308 g/mol. The summed E-state index contributed by atoms with van der Waals surface area (Å²) in [6.45, 7) is 3.19. The first-order valence-electron chi connectivity index (χ1n) is 8.29. The van der Waals surface area contributed by atoms with Crippen molar-refractivity contribution in [2.24, 2.45) is 5.41 Å². The molecule has 0 radical (unpaired) electrons. The zero-order chi connectivity index (χ0) is 17.3. The van der Waals surface area contributed by atoms with Gasteiger partial charge in [0.1, 0.15) is 0 Å². The van der Waals surface area contributed by atoms with E-state index in [1.165, 1.54) is 0 Å². The molecule has 2 saturated heterocycles. The molecule has 1 N–H and O–H groups in total. The minimum Gasteiger partial charge on any atom is -0.481 e. The van der Waals surface area contributed by atoms with E-state index in [0.29, 0.717) is 19.4 Å². The molecule has 128 valence electrons. The van der Waals surface area contributed by atoms with Crippen molar-refractivity contribution in [3.05, 3.63) is 29.8 Å². The predicted molar refractivity (Wildman–Crippen MR) is 88.7 cm³/mol. The van der Waals surface area contributed by atoms with Crippen LogP contribution in [-0.2, 0) is 20.8 Å². The number of benzene rings is 1. The van der Waals surface area contributed by atoms with Crippen LogP contribution in [0.15, 0.2) is 24.3 Å². The number of likely N-dealkylation sites (tertiary alicyclic amines) is 1. The summed E-state index contributed by atoms with van der Waals surface area (Å²) < 4.78 is 0. The first kappa shape index (κ1) is 16.5. The maximum Gasteiger partial charge on any atom is 0.311 e. The van der Waals surface area contributed by atoms with Gasteiger partial charge in [-0.2, -0.15) is 0 Å². The summed E-state index contributed by atoms with van der Waals surface area (Å²) in [4.78, 5) is 38.8. The third-order valence-electron chi connectivity index (χ3n) is 5.02. The van der Waals surface area contributed by atoms with Crippen molar-refractivity contribution >= 4 is 23.5 Å². The average Bonchev–Trinajstić information content (AvgIpc) is 3.15. The van der Waals surface area contributed by atoms with Crippen molar-refractivity contribution in [1.82, 2.24) is 4.90 Å². The van der Waals surface area contributed by atoms with E-state index in [1.807, 2.05) is 24.3 Å². The zero-order valence-corrected chi connectivity index (χ0v) is 13.8. The Labute approximate surface area is 141 Å². The van der Waals surface area contributed by atoms with Crippen LogP contribution in [0.1, 0.15) is 31.7 Å². The lowest BCUT2D eigenvalue weighted by Gasteiger charge is -2.20. The molecule has 6 nitrogen and oxygen atoms in total. The number of hydrogen-bond acceptors (Lipinski definition) is 3. The molecule has 3 rings (SSSR count). The van der Waals surface area contributed by atoms with Crippen LogP contribution in [0.3, 0.4) is 0 Å². The maximum atomic E-state index is 12.4. The van der Waals surface area contributed by atoms with E-state index < -0.39 is 11.4 Å². The lowest BCUT2D eigenvalue weighted by atomic mass is 9.90. The first-order chi connectivity index (χ1) is 11.4. The van der Waals surface area contributed by atoms with E-state index >= 15 is 0 Å². The molecule has 2 aliphatic rings. The highest BCUT2D eigenvalue weighted by Gasteiger charge is 2.41. The smallest absolute Gasteiger partial charge is 0.311 e. The number of carboxylic acid groups (broad SMARTS) is 1. The number of aliphatic carboxylic acids is 1. The largest absolute Gasteiger partial charge is 0.481 e. The summed E-state index contributed by atoms with van der Waals surface area (Å²) in [5.74, 6) is -0.758. The van der Waals surface area contributed by atoms with Gasteiger partial charge in [-0.15, -0.1) is 0 Å². The molecule has 2 amide bonds. The second kappa shape index (κ2) is 6.26. The van der Waals surface area contributed by atoms with Gasteiger partial charge in [-0.3, -0.25) is 14.4 Å². The SMILES string of the molecule is CC1(C(=O)O)CCN(C(=O)Cc2ccc(N3CCCC3=O)cc2)C1. The number of carbonyl (C=O) groups excluding carboxylic acids is 2. The lowest BCUT2D eigenvalue weighted by molar-refractivity contribution is -0.147. The lowest BCUT2D eigenvalue weighted by Crippen LogP contribution is -2.35. The fraction of sp³-hybridized carbons (Fsp3) is 0.500. The molecule has 0 saturated carbocycles. The predicted octanol–water partition coefficient (Wildman–Crippen LogP) is 1.68. The summed E-state index contributed by atoms with van der Waals surface area (Å²) in [5, 5.41) is 9.25. The van der Waals surface area contributed by atoms with Crippen molar-refractivity contribution in [2.75, 3.05) is 24.5 Å². The van der Waals surface area contributed by atoms with Gasteiger partial charge in [-0.25, -0.2) is 0 Å². The maximum absolute atomic E-state index is 12.4. The van der Waals surface area contributed by atoms with Crippen LogP contribution in [0.2, 0.25) is 0 Å². The molecule has 0 aromatic heterocycles. The molecule has 0 aliphatic carbocycles. The minimum absolute atomic E-state index is 0.0510. The standard InChI is InChI=1S/C18H22N2O4/c1-18(17(23)24)8-10-19(12-18)16(22)11-13-4-6-14(7-5-13)20-9-2-3-15(20)21/h4-7H,2-3,8-12H2,1H3,(H,23,24). The van der Waals surface area contributed by atoms with Gasteiger partial charge in [0.25, 0.3) is 0 Å². The number of rotatable bonds is 4. The quantitative estimate of drug-likeness (QED) is 0.911. The molecular formula is C18H22N2O4. The third-order valence-corrected chi connectivity index (χ3v) is 5.02. The van der Waals surface area contributed by atoms with Crippen LogP contribution < -0.4 is 4.90 Å². The number of anilines is 1. The molecule has 2 heterocycles. The molecule has 0 spiro atoms. The summed E-state index contributed by atoms with van der Waals surface area (Å²) in [7, 11) is 0. The zero-order valence-electron chi connectivity index (χ0n) is 13.8. The van der Waals surface area contributed by atoms with Gasteiger partial charge in [0.2, 0.25) is 11.8 Å². The monoisotopic (exact) mass is 330 g/mol. The molecule has 1 aromatic rings. The first-order valence-corrected chi connectivity index (χ1v) is 8.29. The molecule has 24 heavy (non-hydrogen) atoms. The van der Waals surface area contributed by atoms with Crippen molar-refractivity contribution < 1.29 is 19.5 Å². The fourth-order valence-electron chi connectivity index (χ4n) is 3.35. The Balaban J connectivity index is 1.61. The summed E-state index contributed by atoms with van der Waals surface area (Å²) >= 11 is 0. The van der Waals surface area contributed by atoms with Gasteiger partial charge in [0.05, 0.1) is 11.8 Å². The second-order valence-electron chi connectivity index (χ2n) is 6.92. The van der Waals surface area contributed by atoms with Crippen LogP contribution in [0.5, 0.6) is 0 Å². The molecule has 0 bridgehead atoms. The Morgan fingerprint density at radius 2 is 1.92 bits per heavy atom. The molecule has 1 atom stereocenters. The van der Waals surface area contributed by atoms with Gasteiger partial charge in [-0.05, 0) is 37.5 Å². The van der Waals surface area contributed by atoms with Gasteiger partial charge in [-0.1, -0.05) is 12.1 Å². The molecule has 6 heteroatoms. The van der Waals surface area contributed by atoms with E-state index in [9.17, 15) is 19.5 Å². The average molecular weight is 330 g/mol. The van der Waals surface area contributed by atoms with Gasteiger partial charge >= 0.3 is 5.97 Å². The van der Waals surface area contributed by atoms with Crippen molar-refractivity contribution in [2.45, 2.75) is 32.6 Å². The van der Waals surface area contributed by atoms with Crippen molar-refractivity contribution in [3.8, 4) is 0 Å². The summed E-state index contributed by atoms with van der Waals surface area (Å²) in [5.41, 5.74) is 0.906. The van der Waals surface area contributed by atoms with E-state index in [-0.39, 0.29) is 24.8 Å². The van der Waals surface area contributed by atoms with E-state index in [4.69, 9.17) is 0 Å². The van der Waals surface area contributed by atoms with Gasteiger partial charge < -0.3 is 14.9 Å². The highest BCUT2D eigenvalue weighted by atomic mass is 16.4. The fourth-order valence-corrected chi connectivity index (χ4v) is 3.35. The Hall–Kier alpha value is -2.37. The van der Waals surface area contributed by atoms with E-state index in [2.05, 4.69) is 0 Å². The molecule has 2 aliphatic heterocycles. The van der Waals surface area contributed by atoms with Crippen molar-refractivity contribution in [3.63, 3.8) is 0 Å². The number of nitrogens with zero attached hydrogens (tertiary/aromatic N) is 2. The van der Waals surface area contributed by atoms with Crippen LogP contribution in [-0.4, -0.2) is 47.4 Å². The normalized spacial score (nSPS) is 23.8. The Morgan fingerprint density at radius 1 is 1.21 bits per heavy atom. The van der Waals surface area contributed by atoms with Gasteiger partial charge in [0, 0.05) is 31.7 Å². The Morgan fingerprint density at radius 3 is 2.46 bits per heavy atom. The molecule has 2 fully saturated rings. The second-order valence-corrected chi connectivity index (χ2v) is 6.92. The van der Waals surface area contributed by atoms with Gasteiger partial charge in [0.15, 0.2) is 0 Å². The van der Waals surface area contributed by atoms with E-state index in [1.54, 1.807) is 16.7 Å². The number of hydrogen-bond donors (Lipinski definition) is 1. The Kier molecular flexibility index (Phi) is 4.30. The highest BCUT2D eigenvalue weighted by Crippen LogP contribution is 2.30. The minimum atomic E-state index is -0.850. The number of carbonyl (C=O) groups is 3. The number of carboxylic acids is 1. The molecule has 1 unspecified atom stereocenters. The Bertz CT molecular complexity index is 670. The van der Waals surface area contributed by atoms with Crippen LogP contribution in [0.4, 0.5) is 5.69 Å². The van der Waals surface area contributed by atoms with Crippen LogP contribution in [0, 0.1) is 5.41 Å². The van der Waals surface area contributed by atoms with Crippen molar-refractivity contribution in [1.29, 1.82) is 0 Å². The van der Waals surface area contributed by atoms with E-state index in [0.717, 1.165) is 24.2 Å². The summed E-state index contributed by atoms with van der Waals surface area (Å²) in [6.07, 6.45) is 2.22.